The number of nitrogens with zero attached hydrogens (tertiary/aromatic N) is 5. The Morgan fingerprint density at radius 1 is 1.09 bits per heavy atom. The molecule has 1 aromatic carbocycles. The van der Waals surface area contributed by atoms with Crippen molar-refractivity contribution in [2.45, 2.75) is 51.9 Å². The minimum absolute atomic E-state index is 0.277. The molecule has 32 heavy (non-hydrogen) atoms. The first-order valence-corrected chi connectivity index (χ1v) is 11.5. The lowest BCUT2D eigenvalue weighted by Gasteiger charge is -2.37. The quantitative estimate of drug-likeness (QED) is 0.431. The molecular weight excluding hydrogens is 405 g/mol. The molecule has 1 aliphatic heterocycles. The lowest BCUT2D eigenvalue weighted by molar-refractivity contribution is 0.125. The molecule has 0 unspecified atom stereocenters. The third-order valence-electron chi connectivity index (χ3n) is 7.59. The molecule has 0 radical (unpaired) electrons. The van der Waals surface area contributed by atoms with Gasteiger partial charge in [0.05, 0.1) is 17.6 Å². The lowest BCUT2D eigenvalue weighted by Crippen LogP contribution is -2.36. The van der Waals surface area contributed by atoms with Gasteiger partial charge in [-0.2, -0.15) is 5.10 Å². The predicted octanol–water partition coefficient (Wildman–Crippen LogP) is 5.27. The van der Waals surface area contributed by atoms with Crippen LogP contribution in [0.2, 0.25) is 0 Å². The number of aromatic nitrogens is 4. The Hall–Kier alpha value is -2.80. The third kappa shape index (κ3) is 3.22. The fourth-order valence-corrected chi connectivity index (χ4v) is 5.68. The Morgan fingerprint density at radius 2 is 1.91 bits per heavy atom. The first-order chi connectivity index (χ1) is 15.4. The Balaban J connectivity index is 1.34. The number of aryl methyl sites for hydroxylation is 2. The first kappa shape index (κ1) is 19.9. The Bertz CT molecular complexity index is 1330. The average molecular weight is 434 g/mol. The summed E-state index contributed by atoms with van der Waals surface area (Å²) in [4.78, 5) is 11.5. The molecule has 2 aliphatic rings. The van der Waals surface area contributed by atoms with Gasteiger partial charge in [0.1, 0.15) is 5.52 Å². The Kier molecular flexibility index (Phi) is 4.41. The molecule has 1 spiro atoms. The summed E-state index contributed by atoms with van der Waals surface area (Å²) in [6.07, 6.45) is 7.74. The van der Waals surface area contributed by atoms with Crippen LogP contribution in [-0.2, 0) is 0 Å². The number of piperidine rings is 1. The highest BCUT2D eigenvalue weighted by molar-refractivity contribution is 5.80. The number of hydrogen-bond acceptors (Lipinski definition) is 5. The molecule has 1 saturated carbocycles. The Morgan fingerprint density at radius 3 is 2.72 bits per heavy atom. The number of rotatable bonds is 2. The predicted molar refractivity (Wildman–Crippen MR) is 121 cm³/mol. The first-order valence-electron chi connectivity index (χ1n) is 11.5. The standard InChI is InChI=1S/C25H28FN5O/c1-15-10-20(29-31-14-16(2)27-23(15)31)18-11-19(26)22-21(12-18)32-24(28-22)17-4-5-25(13-17)6-8-30(3)9-7-25/h10-12,14,17H,4-9,13H2,1-3H3/t17-/m0/s1. The summed E-state index contributed by atoms with van der Waals surface area (Å²) in [5.41, 5.74) is 5.32. The van der Waals surface area contributed by atoms with Gasteiger partial charge in [-0.3, -0.25) is 0 Å². The third-order valence-corrected chi connectivity index (χ3v) is 7.59. The zero-order valence-electron chi connectivity index (χ0n) is 18.9. The topological polar surface area (TPSA) is 59.5 Å². The van der Waals surface area contributed by atoms with E-state index in [9.17, 15) is 0 Å². The molecule has 0 amide bonds. The molecule has 1 aliphatic carbocycles. The summed E-state index contributed by atoms with van der Waals surface area (Å²) >= 11 is 0. The molecule has 3 aromatic heterocycles. The highest BCUT2D eigenvalue weighted by Crippen LogP contribution is 2.52. The zero-order valence-corrected chi connectivity index (χ0v) is 18.9. The summed E-state index contributed by atoms with van der Waals surface area (Å²) in [7, 11) is 2.20. The summed E-state index contributed by atoms with van der Waals surface area (Å²) in [5.74, 6) is 0.608. The zero-order chi connectivity index (χ0) is 22.0. The Labute approximate surface area is 186 Å². The smallest absolute Gasteiger partial charge is 0.198 e. The summed E-state index contributed by atoms with van der Waals surface area (Å²) < 4.78 is 23.0. The summed E-state index contributed by atoms with van der Waals surface area (Å²) in [5, 5.41) is 4.64. The van der Waals surface area contributed by atoms with Crippen LogP contribution in [0.15, 0.2) is 28.8 Å². The number of hydrogen-bond donors (Lipinski definition) is 0. The van der Waals surface area contributed by atoms with E-state index in [2.05, 4.69) is 27.0 Å². The number of halogens is 1. The molecule has 6 nitrogen and oxygen atoms in total. The molecule has 1 atom stereocenters. The summed E-state index contributed by atoms with van der Waals surface area (Å²) in [6.45, 7) is 6.25. The second-order valence-electron chi connectivity index (χ2n) is 9.96. The molecule has 2 fully saturated rings. The van der Waals surface area contributed by atoms with Gasteiger partial charge >= 0.3 is 0 Å². The maximum absolute atomic E-state index is 15.1. The van der Waals surface area contributed by atoms with Gasteiger partial charge in [0, 0.05) is 11.5 Å². The van der Waals surface area contributed by atoms with E-state index in [1.807, 2.05) is 32.2 Å². The van der Waals surface area contributed by atoms with Gasteiger partial charge in [-0.05, 0) is 95.3 Å². The van der Waals surface area contributed by atoms with Crippen LogP contribution in [-0.4, -0.2) is 44.6 Å². The van der Waals surface area contributed by atoms with E-state index in [1.54, 1.807) is 4.52 Å². The maximum Gasteiger partial charge on any atom is 0.198 e. The molecule has 4 aromatic rings. The van der Waals surface area contributed by atoms with Crippen molar-refractivity contribution >= 4 is 16.7 Å². The van der Waals surface area contributed by atoms with Crippen LogP contribution in [0, 0.1) is 25.1 Å². The van der Waals surface area contributed by atoms with Crippen molar-refractivity contribution in [1.29, 1.82) is 0 Å². The minimum Gasteiger partial charge on any atom is -0.440 e. The van der Waals surface area contributed by atoms with Crippen molar-refractivity contribution < 1.29 is 8.81 Å². The van der Waals surface area contributed by atoms with Crippen LogP contribution in [0.1, 0.15) is 55.2 Å². The van der Waals surface area contributed by atoms with Crippen molar-refractivity contribution in [2.75, 3.05) is 20.1 Å². The number of benzene rings is 1. The molecule has 6 rings (SSSR count). The van der Waals surface area contributed by atoms with E-state index >= 15 is 4.39 Å². The van der Waals surface area contributed by atoms with Crippen molar-refractivity contribution in [3.8, 4) is 11.3 Å². The molecule has 4 heterocycles. The average Bonchev–Trinajstić information content (AvgIpc) is 3.47. The van der Waals surface area contributed by atoms with Gasteiger partial charge in [0.25, 0.3) is 0 Å². The van der Waals surface area contributed by atoms with E-state index in [1.165, 1.54) is 25.3 Å². The molecular formula is C25H28FN5O. The number of fused-ring (bicyclic) bond motifs is 2. The van der Waals surface area contributed by atoms with Gasteiger partial charge in [-0.15, -0.1) is 0 Å². The highest BCUT2D eigenvalue weighted by Gasteiger charge is 2.42. The molecule has 1 saturated heterocycles. The highest BCUT2D eigenvalue weighted by atomic mass is 19.1. The van der Waals surface area contributed by atoms with Crippen LogP contribution in [0.25, 0.3) is 28.0 Å². The fraction of sp³-hybridized carbons (Fsp3) is 0.480. The van der Waals surface area contributed by atoms with Crippen LogP contribution in [0.4, 0.5) is 4.39 Å². The molecule has 7 heteroatoms. The number of oxazole rings is 1. The van der Waals surface area contributed by atoms with Crippen LogP contribution < -0.4 is 0 Å². The van der Waals surface area contributed by atoms with Crippen LogP contribution in [0.3, 0.4) is 0 Å². The minimum atomic E-state index is -0.360. The van der Waals surface area contributed by atoms with Gasteiger partial charge in [-0.25, -0.2) is 18.9 Å². The van der Waals surface area contributed by atoms with Crippen molar-refractivity contribution in [2.24, 2.45) is 5.41 Å². The maximum atomic E-state index is 15.1. The second-order valence-corrected chi connectivity index (χ2v) is 9.96. The van der Waals surface area contributed by atoms with Crippen molar-refractivity contribution in [3.05, 3.63) is 47.4 Å². The number of imidazole rings is 1. The monoisotopic (exact) mass is 433 g/mol. The molecule has 166 valence electrons. The van der Waals surface area contributed by atoms with E-state index in [0.29, 0.717) is 33.7 Å². The van der Waals surface area contributed by atoms with E-state index in [-0.39, 0.29) is 11.7 Å². The van der Waals surface area contributed by atoms with E-state index < -0.39 is 0 Å². The van der Waals surface area contributed by atoms with E-state index in [0.717, 1.165) is 42.8 Å². The lowest BCUT2D eigenvalue weighted by atomic mass is 9.76. The van der Waals surface area contributed by atoms with Gasteiger partial charge in [-0.1, -0.05) is 0 Å². The van der Waals surface area contributed by atoms with Gasteiger partial charge in [0.15, 0.2) is 22.9 Å². The normalized spacial score (nSPS) is 21.3. The van der Waals surface area contributed by atoms with Crippen molar-refractivity contribution in [1.82, 2.24) is 24.5 Å². The second kappa shape index (κ2) is 7.10. The summed E-state index contributed by atoms with van der Waals surface area (Å²) in [6, 6.07) is 5.33. The van der Waals surface area contributed by atoms with Gasteiger partial charge in [0.2, 0.25) is 0 Å². The van der Waals surface area contributed by atoms with Crippen molar-refractivity contribution in [3.63, 3.8) is 0 Å². The molecule has 0 N–H and O–H groups in total. The van der Waals surface area contributed by atoms with Gasteiger partial charge < -0.3 is 9.32 Å². The largest absolute Gasteiger partial charge is 0.440 e. The SMILES string of the molecule is Cc1cn2nc(-c3cc(F)c4nc([C@H]5CCC6(CCN(C)CC6)C5)oc4c3)cc(C)c2n1. The molecule has 0 bridgehead atoms. The number of likely N-dealkylation sites (tertiary alicyclic amines) is 1. The van der Waals surface area contributed by atoms with Crippen LogP contribution in [0.5, 0.6) is 0 Å². The fourth-order valence-electron chi connectivity index (χ4n) is 5.68. The van der Waals surface area contributed by atoms with E-state index in [4.69, 9.17) is 4.42 Å². The van der Waals surface area contributed by atoms with Crippen LogP contribution >= 0.6 is 0 Å².